The van der Waals surface area contributed by atoms with Gasteiger partial charge < -0.3 is 44.8 Å². The summed E-state index contributed by atoms with van der Waals surface area (Å²) in [5.41, 5.74) is 5.45. The molecule has 0 spiro atoms. The predicted molar refractivity (Wildman–Crippen MR) is 256 cm³/mol. The summed E-state index contributed by atoms with van der Waals surface area (Å²) in [6.45, 7) is 9.34. The van der Waals surface area contributed by atoms with Crippen LogP contribution in [0.2, 0.25) is 0 Å². The first-order valence-corrected chi connectivity index (χ1v) is 22.2. The van der Waals surface area contributed by atoms with Crippen molar-refractivity contribution in [1.29, 1.82) is 0 Å². The van der Waals surface area contributed by atoms with Crippen LogP contribution < -0.4 is 14.2 Å². The highest BCUT2D eigenvalue weighted by atomic mass is 16.5. The first-order valence-electron chi connectivity index (χ1n) is 22.2. The molecule has 364 valence electrons. The van der Waals surface area contributed by atoms with Crippen LogP contribution in [0.15, 0.2) is 97.1 Å². The normalized spacial score (nSPS) is 12.9. The van der Waals surface area contributed by atoms with Gasteiger partial charge in [0.25, 0.3) is 0 Å². The molecule has 6 N–H and O–H groups in total. The Hall–Kier alpha value is -5.28. The monoisotopic (exact) mass is 919 g/mol. The van der Waals surface area contributed by atoms with Crippen molar-refractivity contribution in [3.63, 3.8) is 0 Å². The van der Waals surface area contributed by atoms with Gasteiger partial charge in [-0.05, 0) is 103 Å². The minimum absolute atomic E-state index is 0.0521. The third-order valence-electron chi connectivity index (χ3n) is 10.9. The first-order chi connectivity index (χ1) is 31.4. The van der Waals surface area contributed by atoms with Crippen LogP contribution in [0.4, 0.5) is 0 Å². The number of rotatable bonds is 23. The zero-order chi connectivity index (χ0) is 49.8. The third kappa shape index (κ3) is 22.3. The van der Waals surface area contributed by atoms with Crippen LogP contribution in [-0.2, 0) is 44.9 Å². The Kier molecular flexibility index (Phi) is 28.8. The van der Waals surface area contributed by atoms with Gasteiger partial charge in [-0.15, -0.1) is 0 Å². The Balaban J connectivity index is 0.000000465. The molecule has 0 aromatic heterocycles. The number of Topliss-reactive ketones (excluding diaryl/α,β-unsaturated/α-hetero) is 4. The maximum atomic E-state index is 12.0. The summed E-state index contributed by atoms with van der Waals surface area (Å²) in [5, 5.41) is 53.1. The van der Waals surface area contributed by atoms with Crippen LogP contribution in [0.3, 0.4) is 0 Å². The Bertz CT molecular complexity index is 1900. The van der Waals surface area contributed by atoms with Crippen molar-refractivity contribution in [1.82, 2.24) is 0 Å². The summed E-state index contributed by atoms with van der Waals surface area (Å²) in [5.74, 6) is 1.17. The number of hydrogen-bond acceptors (Lipinski definition) is 13. The summed E-state index contributed by atoms with van der Waals surface area (Å²) in [6.07, 6.45) is 1.17. The van der Waals surface area contributed by atoms with E-state index in [0.29, 0.717) is 19.3 Å². The van der Waals surface area contributed by atoms with Crippen molar-refractivity contribution in [2.45, 2.75) is 85.9 Å². The van der Waals surface area contributed by atoms with Gasteiger partial charge in [-0.25, -0.2) is 0 Å². The number of aliphatic hydroxyl groups excluding tert-OH is 6. The highest BCUT2D eigenvalue weighted by Crippen LogP contribution is 2.27. The quantitative estimate of drug-likeness (QED) is 0.0516. The summed E-state index contributed by atoms with van der Waals surface area (Å²) >= 11 is 0. The topological polar surface area (TPSA) is 217 Å². The van der Waals surface area contributed by atoms with Crippen molar-refractivity contribution in [2.75, 3.05) is 47.8 Å². The molecule has 4 rings (SSSR count). The molecule has 0 fully saturated rings. The number of ketones is 4. The van der Waals surface area contributed by atoms with E-state index in [-0.39, 0.29) is 59.8 Å². The van der Waals surface area contributed by atoms with E-state index in [4.69, 9.17) is 34.6 Å². The molecule has 0 bridgehead atoms. The fourth-order valence-corrected chi connectivity index (χ4v) is 6.94. The lowest BCUT2D eigenvalue weighted by Crippen LogP contribution is -2.30. The van der Waals surface area contributed by atoms with Gasteiger partial charge in [0.15, 0.2) is 23.1 Å². The van der Waals surface area contributed by atoms with Crippen LogP contribution in [0.25, 0.3) is 0 Å². The van der Waals surface area contributed by atoms with Crippen molar-refractivity contribution in [3.05, 3.63) is 125 Å². The van der Waals surface area contributed by atoms with Crippen LogP contribution in [-0.4, -0.2) is 114 Å². The average molecular weight is 919 g/mol. The van der Waals surface area contributed by atoms with Crippen LogP contribution in [0.1, 0.15) is 75.8 Å². The molecule has 66 heavy (non-hydrogen) atoms. The summed E-state index contributed by atoms with van der Waals surface area (Å²) in [6, 6.07) is 31.3. The smallest absolute Gasteiger partial charge is 0.164 e. The number of methoxy groups -OCH3 is 3. The van der Waals surface area contributed by atoms with E-state index >= 15 is 0 Å². The molecule has 5 atom stereocenters. The SMILES string of the molecule is COc1ccc(C[C@H](C(=O)CO)C(C)C)cc1.COc1ccc(C[C@H](C(=O)CO)C(C)C)cc1Cc1ccccc1.COc1ccc(C[C@H](C(=O)CO)[C@H](C)O)cc1.C[C@H](O)CC(=O)CO. The fraction of sp³-hybridized carbons (Fsp3) is 0.472. The van der Waals surface area contributed by atoms with E-state index in [1.54, 1.807) is 40.4 Å². The zero-order valence-electron chi connectivity index (χ0n) is 40.2. The number of carbonyl (C=O) groups excluding carboxylic acids is 4. The molecule has 0 saturated carbocycles. The lowest BCUT2D eigenvalue weighted by molar-refractivity contribution is -0.129. The van der Waals surface area contributed by atoms with Gasteiger partial charge in [0.2, 0.25) is 0 Å². The Morgan fingerprint density at radius 2 is 0.894 bits per heavy atom. The molecular weight excluding hydrogens is 845 g/mol. The number of aliphatic hydroxyl groups is 6. The third-order valence-corrected chi connectivity index (χ3v) is 10.9. The second-order valence-corrected chi connectivity index (χ2v) is 16.8. The van der Waals surface area contributed by atoms with E-state index in [1.165, 1.54) is 12.5 Å². The van der Waals surface area contributed by atoms with Gasteiger partial charge in [0.05, 0.1) is 33.5 Å². The number of ether oxygens (including phenoxy) is 3. The highest BCUT2D eigenvalue weighted by molar-refractivity contribution is 5.83. The molecule has 0 unspecified atom stereocenters. The Morgan fingerprint density at radius 3 is 1.24 bits per heavy atom. The van der Waals surface area contributed by atoms with Crippen molar-refractivity contribution in [2.24, 2.45) is 29.6 Å². The summed E-state index contributed by atoms with van der Waals surface area (Å²) < 4.78 is 15.6. The van der Waals surface area contributed by atoms with E-state index in [9.17, 15) is 29.4 Å². The van der Waals surface area contributed by atoms with Crippen molar-refractivity contribution in [3.8, 4) is 17.2 Å². The van der Waals surface area contributed by atoms with Crippen molar-refractivity contribution >= 4 is 23.1 Å². The average Bonchev–Trinajstić information content (AvgIpc) is 3.31. The molecule has 13 heteroatoms. The zero-order valence-corrected chi connectivity index (χ0v) is 40.2. The molecule has 4 aromatic rings. The van der Waals surface area contributed by atoms with Crippen molar-refractivity contribution < 1.29 is 64.0 Å². The van der Waals surface area contributed by atoms with Gasteiger partial charge in [0.1, 0.15) is 43.7 Å². The molecule has 0 amide bonds. The molecular formula is C53H74O13. The van der Waals surface area contributed by atoms with Crippen LogP contribution >= 0.6 is 0 Å². The number of benzene rings is 4. The van der Waals surface area contributed by atoms with Gasteiger partial charge in [0, 0.05) is 30.6 Å². The fourth-order valence-electron chi connectivity index (χ4n) is 6.94. The lowest BCUT2D eigenvalue weighted by Gasteiger charge is -2.19. The molecule has 0 heterocycles. The van der Waals surface area contributed by atoms with E-state index in [2.05, 4.69) is 18.2 Å². The Labute approximate surface area is 391 Å². The van der Waals surface area contributed by atoms with Gasteiger partial charge in [-0.3, -0.25) is 19.2 Å². The standard InChI is InChI=1S/C21H26O3.C14H20O3.C13H18O4.C5H10O3/c1-15(2)19(20(23)14-22)13-17-9-10-21(24-3)18(12-17)11-16-7-5-4-6-8-16;1-10(2)13(14(16)9-15)8-11-4-6-12(17-3)7-5-11;1-9(15)12(13(16)8-14)7-10-3-5-11(17-2)6-4-10;1-4(7)2-5(8)3-6/h4-10,12,15,19,22H,11,13-14H2,1-3H3;4-7,10,13,15H,8-9H2,1-3H3;3-6,9,12,14-15H,7-8H2,1-2H3;4,6-7H,2-3H2,1H3/t19-;13-;9-,12-;4-/m0000/s1. The van der Waals surface area contributed by atoms with E-state index in [1.807, 2.05) is 94.4 Å². The summed E-state index contributed by atoms with van der Waals surface area (Å²) in [7, 11) is 4.89. The van der Waals surface area contributed by atoms with E-state index in [0.717, 1.165) is 45.9 Å². The molecule has 4 aromatic carbocycles. The highest BCUT2D eigenvalue weighted by Gasteiger charge is 2.24. The molecule has 0 radical (unpaired) electrons. The van der Waals surface area contributed by atoms with Gasteiger partial charge >= 0.3 is 0 Å². The molecule has 0 saturated heterocycles. The first kappa shape index (κ1) is 58.7. The number of hydrogen-bond donors (Lipinski definition) is 6. The molecule has 0 aliphatic rings. The summed E-state index contributed by atoms with van der Waals surface area (Å²) in [4.78, 5) is 45.2. The van der Waals surface area contributed by atoms with E-state index < -0.39 is 37.9 Å². The molecule has 0 aliphatic carbocycles. The van der Waals surface area contributed by atoms with Crippen LogP contribution in [0.5, 0.6) is 17.2 Å². The van der Waals surface area contributed by atoms with Gasteiger partial charge in [-0.1, -0.05) is 94.4 Å². The van der Waals surface area contributed by atoms with Crippen LogP contribution in [0, 0.1) is 29.6 Å². The van der Waals surface area contributed by atoms with Gasteiger partial charge in [-0.2, -0.15) is 0 Å². The predicted octanol–water partition coefficient (Wildman–Crippen LogP) is 5.85. The largest absolute Gasteiger partial charge is 0.497 e. The maximum absolute atomic E-state index is 12.0. The lowest BCUT2D eigenvalue weighted by atomic mass is 9.85. The number of carbonyl (C=O) groups is 4. The minimum Gasteiger partial charge on any atom is -0.497 e. The second kappa shape index (κ2) is 32.4. The second-order valence-electron chi connectivity index (χ2n) is 16.8. The minimum atomic E-state index is -0.767. The molecule has 13 nitrogen and oxygen atoms in total. The Morgan fingerprint density at radius 1 is 0.485 bits per heavy atom. The maximum Gasteiger partial charge on any atom is 0.164 e. The molecule has 0 aliphatic heterocycles.